The van der Waals surface area contributed by atoms with Gasteiger partial charge in [-0.1, -0.05) is 26.7 Å². The Balaban J connectivity index is 1.64. The maximum Gasteiger partial charge on any atom is 0.0693 e. The summed E-state index contributed by atoms with van der Waals surface area (Å²) in [6.45, 7) is 5.56. The number of aliphatic hydroxyl groups excluding tert-OH is 1. The molecule has 0 bridgehead atoms. The van der Waals surface area contributed by atoms with Gasteiger partial charge in [0.15, 0.2) is 0 Å². The number of nitrogens with one attached hydrogen (secondary N) is 1. The maximum atomic E-state index is 10.1. The first-order chi connectivity index (χ1) is 8.60. The van der Waals surface area contributed by atoms with E-state index in [0.29, 0.717) is 24.1 Å². The highest BCUT2D eigenvalue weighted by Gasteiger charge is 2.58. The quantitative estimate of drug-likeness (QED) is 0.792. The van der Waals surface area contributed by atoms with E-state index < -0.39 is 0 Å². The molecule has 1 saturated heterocycles. The standard InChI is InChI=1S/C15H27NO2/c1-15(2)13(10-6-5-9-18-14(10)15)16-11-7-3-4-8-12(11)17/h10-14,16-17H,3-9H2,1-2H3. The van der Waals surface area contributed by atoms with Crippen LogP contribution in [0.25, 0.3) is 0 Å². The van der Waals surface area contributed by atoms with E-state index in [-0.39, 0.29) is 11.5 Å². The third-order valence-electron chi connectivity index (χ3n) is 5.45. The van der Waals surface area contributed by atoms with Crippen molar-refractivity contribution in [1.82, 2.24) is 5.32 Å². The lowest BCUT2D eigenvalue weighted by molar-refractivity contribution is -0.196. The van der Waals surface area contributed by atoms with E-state index in [1.54, 1.807) is 0 Å². The minimum absolute atomic E-state index is 0.141. The molecule has 1 heterocycles. The second-order valence-electron chi connectivity index (χ2n) is 7.02. The average Bonchev–Trinajstić information content (AvgIpc) is 2.38. The van der Waals surface area contributed by atoms with Crippen LogP contribution in [0.15, 0.2) is 0 Å². The van der Waals surface area contributed by atoms with Crippen molar-refractivity contribution in [3.05, 3.63) is 0 Å². The topological polar surface area (TPSA) is 41.5 Å². The van der Waals surface area contributed by atoms with E-state index in [2.05, 4.69) is 19.2 Å². The summed E-state index contributed by atoms with van der Waals surface area (Å²) in [5.74, 6) is 0.669. The van der Waals surface area contributed by atoms with Crippen molar-refractivity contribution in [2.75, 3.05) is 6.61 Å². The summed E-state index contributed by atoms with van der Waals surface area (Å²) >= 11 is 0. The molecule has 5 atom stereocenters. The predicted molar refractivity (Wildman–Crippen MR) is 71.4 cm³/mol. The number of rotatable bonds is 2. The van der Waals surface area contributed by atoms with E-state index >= 15 is 0 Å². The summed E-state index contributed by atoms with van der Waals surface area (Å²) < 4.78 is 5.94. The Labute approximate surface area is 110 Å². The molecule has 3 nitrogen and oxygen atoms in total. The second kappa shape index (κ2) is 4.77. The molecule has 0 aromatic heterocycles. The van der Waals surface area contributed by atoms with Gasteiger partial charge < -0.3 is 15.2 Å². The molecule has 0 radical (unpaired) electrons. The lowest BCUT2D eigenvalue weighted by atomic mass is 9.55. The molecule has 2 saturated carbocycles. The van der Waals surface area contributed by atoms with Gasteiger partial charge in [-0.15, -0.1) is 0 Å². The van der Waals surface area contributed by atoms with Gasteiger partial charge in [0.05, 0.1) is 12.2 Å². The molecule has 104 valence electrons. The number of fused-ring (bicyclic) bond motifs is 1. The predicted octanol–water partition coefficient (Wildman–Crippen LogP) is 2.08. The Bertz CT molecular complexity index is 305. The zero-order valence-corrected chi connectivity index (χ0v) is 11.7. The molecular weight excluding hydrogens is 226 g/mol. The zero-order valence-electron chi connectivity index (χ0n) is 11.7. The van der Waals surface area contributed by atoms with Crippen molar-refractivity contribution in [2.24, 2.45) is 11.3 Å². The molecular formula is C15H27NO2. The van der Waals surface area contributed by atoms with E-state index in [0.717, 1.165) is 19.4 Å². The molecule has 3 aliphatic rings. The number of hydrogen-bond donors (Lipinski definition) is 2. The molecule has 0 aromatic rings. The molecule has 3 fully saturated rings. The Morgan fingerprint density at radius 1 is 1.11 bits per heavy atom. The Morgan fingerprint density at radius 3 is 2.67 bits per heavy atom. The van der Waals surface area contributed by atoms with Crippen LogP contribution < -0.4 is 5.32 Å². The monoisotopic (exact) mass is 253 g/mol. The molecule has 0 amide bonds. The lowest BCUT2D eigenvalue weighted by Gasteiger charge is -2.61. The van der Waals surface area contributed by atoms with Gasteiger partial charge in [-0.2, -0.15) is 0 Å². The molecule has 2 aliphatic carbocycles. The summed E-state index contributed by atoms with van der Waals surface area (Å²) in [5.41, 5.74) is 0.224. The molecule has 2 N–H and O–H groups in total. The fourth-order valence-electron chi connectivity index (χ4n) is 4.40. The minimum Gasteiger partial charge on any atom is -0.392 e. The van der Waals surface area contributed by atoms with Crippen LogP contribution in [0, 0.1) is 11.3 Å². The van der Waals surface area contributed by atoms with E-state index in [4.69, 9.17) is 4.74 Å². The fraction of sp³-hybridized carbons (Fsp3) is 1.00. The van der Waals surface area contributed by atoms with Crippen molar-refractivity contribution < 1.29 is 9.84 Å². The normalized spacial score (nSPS) is 47.2. The second-order valence-corrected chi connectivity index (χ2v) is 7.02. The summed E-state index contributed by atoms with van der Waals surface area (Å²) in [7, 11) is 0. The van der Waals surface area contributed by atoms with Gasteiger partial charge in [-0.05, 0) is 25.7 Å². The Kier molecular flexibility index (Phi) is 3.41. The van der Waals surface area contributed by atoms with Gasteiger partial charge in [-0.25, -0.2) is 0 Å². The third kappa shape index (κ3) is 2.00. The van der Waals surface area contributed by atoms with Crippen LogP contribution in [0.5, 0.6) is 0 Å². The van der Waals surface area contributed by atoms with Crippen molar-refractivity contribution in [2.45, 2.75) is 76.7 Å². The first-order valence-electron chi connectivity index (χ1n) is 7.66. The van der Waals surface area contributed by atoms with Crippen molar-refractivity contribution in [3.63, 3.8) is 0 Å². The van der Waals surface area contributed by atoms with Crippen molar-refractivity contribution in [1.29, 1.82) is 0 Å². The van der Waals surface area contributed by atoms with Gasteiger partial charge >= 0.3 is 0 Å². The SMILES string of the molecule is CC1(C)C(NC2CCCCC2O)C2CCCOC21. The first kappa shape index (κ1) is 12.9. The van der Waals surface area contributed by atoms with Crippen LogP contribution >= 0.6 is 0 Å². The molecule has 3 rings (SSSR count). The smallest absolute Gasteiger partial charge is 0.0693 e. The largest absolute Gasteiger partial charge is 0.392 e. The summed E-state index contributed by atoms with van der Waals surface area (Å²) in [4.78, 5) is 0. The minimum atomic E-state index is -0.141. The highest BCUT2D eigenvalue weighted by Crippen LogP contribution is 2.51. The Hall–Kier alpha value is -0.120. The first-order valence-corrected chi connectivity index (χ1v) is 7.66. The summed E-state index contributed by atoms with van der Waals surface area (Å²) in [6, 6.07) is 0.839. The highest BCUT2D eigenvalue weighted by atomic mass is 16.5. The third-order valence-corrected chi connectivity index (χ3v) is 5.45. The zero-order chi connectivity index (χ0) is 12.8. The number of ether oxygens (including phenoxy) is 1. The number of aliphatic hydroxyl groups is 1. The average molecular weight is 253 g/mol. The van der Waals surface area contributed by atoms with Crippen LogP contribution in [0.2, 0.25) is 0 Å². The van der Waals surface area contributed by atoms with Gasteiger partial charge in [0.25, 0.3) is 0 Å². The van der Waals surface area contributed by atoms with Crippen LogP contribution in [0.4, 0.5) is 0 Å². The van der Waals surface area contributed by atoms with Gasteiger partial charge in [0, 0.05) is 30.0 Å². The molecule has 1 aliphatic heterocycles. The van der Waals surface area contributed by atoms with Crippen LogP contribution in [0.3, 0.4) is 0 Å². The summed E-state index contributed by atoms with van der Waals surface area (Å²) in [5, 5.41) is 13.9. The van der Waals surface area contributed by atoms with Gasteiger partial charge in [-0.3, -0.25) is 0 Å². The molecule has 5 unspecified atom stereocenters. The highest BCUT2D eigenvalue weighted by molar-refractivity contribution is 5.11. The fourth-order valence-corrected chi connectivity index (χ4v) is 4.40. The van der Waals surface area contributed by atoms with Crippen LogP contribution in [-0.4, -0.2) is 36.0 Å². The van der Waals surface area contributed by atoms with Crippen LogP contribution in [-0.2, 0) is 4.74 Å². The molecule has 0 aromatic carbocycles. The van der Waals surface area contributed by atoms with Crippen molar-refractivity contribution in [3.8, 4) is 0 Å². The molecule has 3 heteroatoms. The van der Waals surface area contributed by atoms with E-state index in [9.17, 15) is 5.11 Å². The van der Waals surface area contributed by atoms with Crippen LogP contribution in [0.1, 0.15) is 52.4 Å². The molecule has 0 spiro atoms. The number of hydrogen-bond acceptors (Lipinski definition) is 3. The van der Waals surface area contributed by atoms with Gasteiger partial charge in [0.1, 0.15) is 0 Å². The Morgan fingerprint density at radius 2 is 1.89 bits per heavy atom. The van der Waals surface area contributed by atoms with E-state index in [1.165, 1.54) is 25.7 Å². The van der Waals surface area contributed by atoms with Crippen molar-refractivity contribution >= 4 is 0 Å². The lowest BCUT2D eigenvalue weighted by Crippen LogP contribution is -2.71. The van der Waals surface area contributed by atoms with Gasteiger partial charge in [0.2, 0.25) is 0 Å². The van der Waals surface area contributed by atoms with E-state index in [1.807, 2.05) is 0 Å². The summed E-state index contributed by atoms with van der Waals surface area (Å²) in [6.07, 6.45) is 7.32. The molecule has 18 heavy (non-hydrogen) atoms. The maximum absolute atomic E-state index is 10.1.